The molecule has 0 spiro atoms. The minimum atomic E-state index is -0.243. The number of nitrogens with zero attached hydrogens (tertiary/aromatic N) is 5. The molecule has 2 aliphatic carbocycles. The molecule has 3 heterocycles. The number of imide groups is 1. The van der Waals surface area contributed by atoms with E-state index in [1.54, 1.807) is 23.4 Å². The second kappa shape index (κ2) is 6.14. The Bertz CT molecular complexity index is 788. The summed E-state index contributed by atoms with van der Waals surface area (Å²) >= 11 is 0. The van der Waals surface area contributed by atoms with Crippen LogP contribution in [0.1, 0.15) is 6.42 Å². The standard InChI is InChI=1S/C19H21N5O3/c25-14(22-6-8-23(9-7-22)19-20-4-1-5-21-19)11-24-17(26)15-12-2-3-13(10-12)16(15)18(24)27/h1-5,12-13,15-16H,6-11H2. The largest absolute Gasteiger partial charge is 0.338 e. The Kier molecular flexibility index (Phi) is 3.73. The second-order valence-corrected chi connectivity index (χ2v) is 7.68. The first-order valence-electron chi connectivity index (χ1n) is 9.47. The molecule has 4 aliphatic rings. The molecular weight excluding hydrogens is 346 g/mol. The SMILES string of the molecule is O=C(CN1C(=O)C2C3C=CC(C3)C2C1=O)N1CCN(c2ncccn2)CC1. The Labute approximate surface area is 156 Å². The average Bonchev–Trinajstić information content (AvgIpc) is 3.39. The van der Waals surface area contributed by atoms with Crippen molar-refractivity contribution in [3.63, 3.8) is 0 Å². The number of carbonyl (C=O) groups excluding carboxylic acids is 3. The van der Waals surface area contributed by atoms with Gasteiger partial charge >= 0.3 is 0 Å². The average molecular weight is 367 g/mol. The van der Waals surface area contributed by atoms with Gasteiger partial charge in [0.25, 0.3) is 0 Å². The molecular formula is C19H21N5O3. The number of aromatic nitrogens is 2. The Morgan fingerprint density at radius 1 is 0.963 bits per heavy atom. The fraction of sp³-hybridized carbons (Fsp3) is 0.526. The number of amides is 3. The Morgan fingerprint density at radius 3 is 2.15 bits per heavy atom. The highest BCUT2D eigenvalue weighted by Gasteiger charge is 2.59. The lowest BCUT2D eigenvalue weighted by Crippen LogP contribution is -2.52. The van der Waals surface area contributed by atoms with Gasteiger partial charge in [-0.25, -0.2) is 9.97 Å². The molecule has 2 saturated heterocycles. The first kappa shape index (κ1) is 16.4. The van der Waals surface area contributed by atoms with Crippen LogP contribution in [0, 0.1) is 23.7 Å². The lowest BCUT2D eigenvalue weighted by atomic mass is 9.85. The maximum atomic E-state index is 12.7. The van der Waals surface area contributed by atoms with Crippen molar-refractivity contribution in [3.8, 4) is 0 Å². The van der Waals surface area contributed by atoms with Crippen molar-refractivity contribution in [3.05, 3.63) is 30.6 Å². The van der Waals surface area contributed by atoms with E-state index in [1.165, 1.54) is 4.90 Å². The molecule has 1 aromatic heterocycles. The number of likely N-dealkylation sites (tertiary alicyclic amines) is 1. The van der Waals surface area contributed by atoms with Crippen LogP contribution in [0.15, 0.2) is 30.6 Å². The molecule has 4 unspecified atom stereocenters. The van der Waals surface area contributed by atoms with Crippen molar-refractivity contribution < 1.29 is 14.4 Å². The molecule has 3 fully saturated rings. The number of anilines is 1. The van der Waals surface area contributed by atoms with Crippen LogP contribution in [0.3, 0.4) is 0 Å². The predicted molar refractivity (Wildman–Crippen MR) is 95.3 cm³/mol. The maximum Gasteiger partial charge on any atom is 0.242 e. The summed E-state index contributed by atoms with van der Waals surface area (Å²) in [5.41, 5.74) is 0. The molecule has 8 heteroatoms. The summed E-state index contributed by atoms with van der Waals surface area (Å²) in [4.78, 5) is 51.6. The zero-order valence-electron chi connectivity index (χ0n) is 14.9. The molecule has 1 saturated carbocycles. The van der Waals surface area contributed by atoms with E-state index in [9.17, 15) is 14.4 Å². The fourth-order valence-corrected chi connectivity index (χ4v) is 4.97. The van der Waals surface area contributed by atoms with Gasteiger partial charge in [-0.15, -0.1) is 0 Å². The number of carbonyl (C=O) groups is 3. The molecule has 2 bridgehead atoms. The van der Waals surface area contributed by atoms with Crippen LogP contribution in [-0.2, 0) is 14.4 Å². The van der Waals surface area contributed by atoms with E-state index in [1.807, 2.05) is 4.90 Å². The van der Waals surface area contributed by atoms with Crippen molar-refractivity contribution in [2.24, 2.45) is 23.7 Å². The van der Waals surface area contributed by atoms with Gasteiger partial charge in [-0.1, -0.05) is 12.2 Å². The monoisotopic (exact) mass is 367 g/mol. The minimum Gasteiger partial charge on any atom is -0.338 e. The summed E-state index contributed by atoms with van der Waals surface area (Å²) < 4.78 is 0. The van der Waals surface area contributed by atoms with E-state index in [0.717, 1.165) is 6.42 Å². The molecule has 5 rings (SSSR count). The van der Waals surface area contributed by atoms with Crippen molar-refractivity contribution in [1.29, 1.82) is 0 Å². The van der Waals surface area contributed by atoms with Gasteiger partial charge in [0.1, 0.15) is 6.54 Å². The van der Waals surface area contributed by atoms with Gasteiger partial charge in [0.2, 0.25) is 23.7 Å². The van der Waals surface area contributed by atoms with Gasteiger partial charge in [-0.3, -0.25) is 19.3 Å². The summed E-state index contributed by atoms with van der Waals surface area (Å²) in [6.45, 7) is 2.21. The lowest BCUT2D eigenvalue weighted by molar-refractivity contribution is -0.147. The van der Waals surface area contributed by atoms with Gasteiger partial charge in [0, 0.05) is 38.6 Å². The van der Waals surface area contributed by atoms with E-state index >= 15 is 0 Å². The molecule has 0 radical (unpaired) electrons. The van der Waals surface area contributed by atoms with Crippen LogP contribution < -0.4 is 4.90 Å². The van der Waals surface area contributed by atoms with Crippen LogP contribution in [-0.4, -0.2) is 70.2 Å². The normalized spacial score (nSPS) is 31.8. The van der Waals surface area contributed by atoms with Gasteiger partial charge in [0.05, 0.1) is 11.8 Å². The smallest absolute Gasteiger partial charge is 0.242 e. The molecule has 4 atom stereocenters. The predicted octanol–water partition coefficient (Wildman–Crippen LogP) is -0.0677. The molecule has 27 heavy (non-hydrogen) atoms. The summed E-state index contributed by atoms with van der Waals surface area (Å²) in [6.07, 6.45) is 8.42. The Morgan fingerprint density at radius 2 is 1.56 bits per heavy atom. The number of allylic oxidation sites excluding steroid dienone is 2. The first-order chi connectivity index (χ1) is 13.1. The van der Waals surface area contributed by atoms with E-state index in [0.29, 0.717) is 32.1 Å². The highest BCUT2D eigenvalue weighted by atomic mass is 16.2. The quantitative estimate of drug-likeness (QED) is 0.549. The number of hydrogen-bond donors (Lipinski definition) is 0. The minimum absolute atomic E-state index is 0.133. The third-order valence-corrected chi connectivity index (χ3v) is 6.32. The molecule has 0 N–H and O–H groups in total. The number of fused-ring (bicyclic) bond motifs is 5. The van der Waals surface area contributed by atoms with Crippen LogP contribution in [0.5, 0.6) is 0 Å². The summed E-state index contributed by atoms with van der Waals surface area (Å²) in [5, 5.41) is 0. The van der Waals surface area contributed by atoms with Crippen molar-refractivity contribution in [1.82, 2.24) is 19.8 Å². The second-order valence-electron chi connectivity index (χ2n) is 7.68. The third kappa shape index (κ3) is 2.54. The van der Waals surface area contributed by atoms with Crippen LogP contribution in [0.4, 0.5) is 5.95 Å². The van der Waals surface area contributed by atoms with E-state index in [-0.39, 0.29) is 47.9 Å². The van der Waals surface area contributed by atoms with Crippen LogP contribution in [0.2, 0.25) is 0 Å². The lowest BCUT2D eigenvalue weighted by Gasteiger charge is -2.35. The van der Waals surface area contributed by atoms with Crippen molar-refractivity contribution in [2.45, 2.75) is 6.42 Å². The zero-order chi connectivity index (χ0) is 18.5. The number of rotatable bonds is 3. The highest BCUT2D eigenvalue weighted by Crippen LogP contribution is 2.52. The highest BCUT2D eigenvalue weighted by molar-refractivity contribution is 6.08. The molecule has 8 nitrogen and oxygen atoms in total. The number of hydrogen-bond acceptors (Lipinski definition) is 6. The van der Waals surface area contributed by atoms with Crippen LogP contribution >= 0.6 is 0 Å². The summed E-state index contributed by atoms with van der Waals surface area (Å²) in [7, 11) is 0. The fourth-order valence-electron chi connectivity index (χ4n) is 4.97. The van der Waals surface area contributed by atoms with Crippen molar-refractivity contribution >= 4 is 23.7 Å². The van der Waals surface area contributed by atoms with Gasteiger partial charge in [-0.2, -0.15) is 0 Å². The first-order valence-corrected chi connectivity index (χ1v) is 9.47. The van der Waals surface area contributed by atoms with Gasteiger partial charge < -0.3 is 9.80 Å². The van der Waals surface area contributed by atoms with Crippen LogP contribution in [0.25, 0.3) is 0 Å². The van der Waals surface area contributed by atoms with E-state index < -0.39 is 0 Å². The zero-order valence-corrected chi connectivity index (χ0v) is 14.9. The van der Waals surface area contributed by atoms with Gasteiger partial charge in [0.15, 0.2) is 0 Å². The molecule has 1 aromatic rings. The topological polar surface area (TPSA) is 86.7 Å². The van der Waals surface area contributed by atoms with E-state index in [2.05, 4.69) is 22.1 Å². The molecule has 3 amide bonds. The molecule has 140 valence electrons. The number of piperazine rings is 1. The van der Waals surface area contributed by atoms with Crippen molar-refractivity contribution in [2.75, 3.05) is 37.6 Å². The summed E-state index contributed by atoms with van der Waals surface area (Å²) in [6, 6.07) is 1.77. The van der Waals surface area contributed by atoms with E-state index in [4.69, 9.17) is 0 Å². The Hall–Kier alpha value is -2.77. The Balaban J connectivity index is 1.21. The molecule has 0 aromatic carbocycles. The third-order valence-electron chi connectivity index (χ3n) is 6.32. The van der Waals surface area contributed by atoms with Gasteiger partial charge in [-0.05, 0) is 24.3 Å². The summed E-state index contributed by atoms with van der Waals surface area (Å²) in [5.74, 6) is 0.0330. The molecule has 2 aliphatic heterocycles. The maximum absolute atomic E-state index is 12.7.